The number of aryl methyl sites for hydroxylation is 1. The number of azo groups is 2. The van der Waals surface area contributed by atoms with Crippen LogP contribution in [0.5, 0.6) is 0 Å². The Morgan fingerprint density at radius 3 is 1.78 bits per heavy atom. The summed E-state index contributed by atoms with van der Waals surface area (Å²) in [6.45, 7) is 8.27. The third-order valence-electron chi connectivity index (χ3n) is 5.78. The largest absolute Gasteiger partial charge is 0.372 e. The molecule has 0 saturated heterocycles. The number of aromatic nitrogens is 1. The van der Waals surface area contributed by atoms with Crippen molar-refractivity contribution in [2.75, 3.05) is 18.0 Å². The highest BCUT2D eigenvalue weighted by Crippen LogP contribution is 2.28. The first kappa shape index (κ1) is 24.7. The molecule has 0 saturated carbocycles. The minimum atomic E-state index is 0.782. The van der Waals surface area contributed by atoms with Crippen LogP contribution in [0, 0.1) is 6.92 Å². The molecule has 1 heterocycles. The first-order valence-electron chi connectivity index (χ1n) is 12.1. The Hall–Kier alpha value is -4.45. The topological polar surface area (TPSA) is 65.6 Å². The van der Waals surface area contributed by atoms with Crippen LogP contribution in [0.2, 0.25) is 0 Å². The molecule has 0 atom stereocenters. The number of nitrogens with zero attached hydrogens (tertiary/aromatic N) is 6. The molecule has 1 aromatic heterocycles. The second-order valence-electron chi connectivity index (χ2n) is 8.26. The minimum Gasteiger partial charge on any atom is -0.372 e. The monoisotopic (exact) mass is 474 g/mol. The van der Waals surface area contributed by atoms with Crippen LogP contribution >= 0.6 is 0 Å². The van der Waals surface area contributed by atoms with Crippen molar-refractivity contribution in [3.63, 3.8) is 0 Å². The van der Waals surface area contributed by atoms with Crippen LogP contribution in [0.4, 0.5) is 28.4 Å². The molecule has 0 fully saturated rings. The molecule has 4 rings (SSSR count). The maximum Gasteiger partial charge on any atom is 0.0887 e. The predicted octanol–water partition coefficient (Wildman–Crippen LogP) is 9.24. The number of hydrogen-bond acceptors (Lipinski definition) is 6. The Labute approximate surface area is 212 Å². The zero-order valence-electron chi connectivity index (χ0n) is 20.9. The molecular formula is C30H30N6. The molecule has 0 spiro atoms. The smallest absolute Gasteiger partial charge is 0.0887 e. The summed E-state index contributed by atoms with van der Waals surface area (Å²) < 4.78 is 0. The van der Waals surface area contributed by atoms with Crippen molar-refractivity contribution in [3.05, 3.63) is 108 Å². The molecule has 0 unspecified atom stereocenters. The zero-order chi connectivity index (χ0) is 25.2. The quantitative estimate of drug-likeness (QED) is 0.227. The lowest BCUT2D eigenvalue weighted by Crippen LogP contribution is -2.21. The van der Waals surface area contributed by atoms with Crippen molar-refractivity contribution < 1.29 is 0 Å². The van der Waals surface area contributed by atoms with Crippen LogP contribution < -0.4 is 4.90 Å². The SMILES string of the molecule is CCN(CC)c1ccc(N=Nc2ccc(N=Nc3ccc(/C=C\c4ccncc4)cc3)c(C)c2)cc1. The van der Waals surface area contributed by atoms with Crippen molar-refractivity contribution in [3.8, 4) is 0 Å². The number of rotatable bonds is 9. The van der Waals surface area contributed by atoms with Gasteiger partial charge in [0.15, 0.2) is 0 Å². The molecule has 0 bridgehead atoms. The van der Waals surface area contributed by atoms with Crippen LogP contribution in [0.25, 0.3) is 12.2 Å². The van der Waals surface area contributed by atoms with Gasteiger partial charge in [0.05, 0.1) is 22.7 Å². The maximum absolute atomic E-state index is 4.42. The van der Waals surface area contributed by atoms with E-state index >= 15 is 0 Å². The molecule has 3 aromatic carbocycles. The van der Waals surface area contributed by atoms with Gasteiger partial charge in [0.1, 0.15) is 0 Å². The lowest BCUT2D eigenvalue weighted by atomic mass is 10.1. The van der Waals surface area contributed by atoms with Gasteiger partial charge in [-0.2, -0.15) is 20.5 Å². The molecule has 6 heteroatoms. The van der Waals surface area contributed by atoms with Gasteiger partial charge >= 0.3 is 0 Å². The van der Waals surface area contributed by atoms with E-state index in [2.05, 4.69) is 68.5 Å². The average molecular weight is 475 g/mol. The van der Waals surface area contributed by atoms with Gasteiger partial charge in [-0.3, -0.25) is 4.98 Å². The van der Waals surface area contributed by atoms with E-state index in [4.69, 9.17) is 0 Å². The van der Waals surface area contributed by atoms with Crippen molar-refractivity contribution >= 4 is 40.6 Å². The second kappa shape index (κ2) is 12.3. The molecule has 0 aliphatic carbocycles. The van der Waals surface area contributed by atoms with E-state index in [1.165, 1.54) is 5.69 Å². The highest BCUT2D eigenvalue weighted by molar-refractivity contribution is 5.70. The highest BCUT2D eigenvalue weighted by Gasteiger charge is 2.02. The van der Waals surface area contributed by atoms with Crippen LogP contribution in [-0.2, 0) is 0 Å². The molecule has 180 valence electrons. The highest BCUT2D eigenvalue weighted by atomic mass is 15.1. The second-order valence-corrected chi connectivity index (χ2v) is 8.26. The molecule has 0 aliphatic rings. The summed E-state index contributed by atoms with van der Waals surface area (Å²) in [5, 5.41) is 17.6. The van der Waals surface area contributed by atoms with Crippen molar-refractivity contribution in [1.82, 2.24) is 4.98 Å². The molecule has 0 aliphatic heterocycles. The van der Waals surface area contributed by atoms with E-state index in [1.54, 1.807) is 12.4 Å². The van der Waals surface area contributed by atoms with Crippen LogP contribution in [0.3, 0.4) is 0 Å². The lowest BCUT2D eigenvalue weighted by Gasteiger charge is -2.20. The van der Waals surface area contributed by atoms with Gasteiger partial charge in [-0.25, -0.2) is 0 Å². The first-order chi connectivity index (χ1) is 17.6. The number of hydrogen-bond donors (Lipinski definition) is 0. The van der Waals surface area contributed by atoms with Crippen molar-refractivity contribution in [2.24, 2.45) is 20.5 Å². The summed E-state index contributed by atoms with van der Waals surface area (Å²) in [5.41, 5.74) is 7.60. The van der Waals surface area contributed by atoms with E-state index < -0.39 is 0 Å². The van der Waals surface area contributed by atoms with Gasteiger partial charge < -0.3 is 4.90 Å². The van der Waals surface area contributed by atoms with Crippen LogP contribution in [0.1, 0.15) is 30.5 Å². The summed E-state index contributed by atoms with van der Waals surface area (Å²) >= 11 is 0. The minimum absolute atomic E-state index is 0.782. The first-order valence-corrected chi connectivity index (χ1v) is 12.1. The third-order valence-corrected chi connectivity index (χ3v) is 5.78. The van der Waals surface area contributed by atoms with Crippen LogP contribution in [-0.4, -0.2) is 18.1 Å². The summed E-state index contributed by atoms with van der Waals surface area (Å²) in [5.74, 6) is 0. The maximum atomic E-state index is 4.42. The number of pyridine rings is 1. The molecule has 0 N–H and O–H groups in total. The summed E-state index contributed by atoms with van der Waals surface area (Å²) in [6, 6.07) is 25.8. The Bertz CT molecular complexity index is 1340. The van der Waals surface area contributed by atoms with Gasteiger partial charge in [0.2, 0.25) is 0 Å². The van der Waals surface area contributed by atoms with Crippen molar-refractivity contribution in [1.29, 1.82) is 0 Å². The Morgan fingerprint density at radius 1 is 0.639 bits per heavy atom. The van der Waals surface area contributed by atoms with Gasteiger partial charge in [-0.1, -0.05) is 24.3 Å². The average Bonchev–Trinajstić information content (AvgIpc) is 2.93. The van der Waals surface area contributed by atoms with Gasteiger partial charge in [-0.05, 0) is 104 Å². The standard InChI is InChI=1S/C30H30N6/c1-4-36(5-2)29-15-12-27(13-16-29)32-34-28-14-17-30(23(3)22-28)35-33-26-10-8-24(9-11-26)6-7-25-18-20-31-21-19-25/h6-22H,4-5H2,1-3H3/b7-6-,34-32?,35-33?. The van der Waals surface area contributed by atoms with E-state index in [9.17, 15) is 0 Å². The van der Waals surface area contributed by atoms with Crippen LogP contribution in [0.15, 0.2) is 112 Å². The fourth-order valence-electron chi connectivity index (χ4n) is 3.68. The summed E-state index contributed by atoms with van der Waals surface area (Å²) in [6.07, 6.45) is 7.69. The Morgan fingerprint density at radius 2 is 1.17 bits per heavy atom. The fraction of sp³-hybridized carbons (Fsp3) is 0.167. The Kier molecular flexibility index (Phi) is 8.44. The number of benzene rings is 3. The molecule has 0 amide bonds. The van der Waals surface area contributed by atoms with Crippen molar-refractivity contribution in [2.45, 2.75) is 20.8 Å². The molecule has 0 radical (unpaired) electrons. The lowest BCUT2D eigenvalue weighted by molar-refractivity contribution is 0.866. The summed E-state index contributed by atoms with van der Waals surface area (Å²) in [7, 11) is 0. The van der Waals surface area contributed by atoms with Gasteiger partial charge in [0, 0.05) is 31.2 Å². The third kappa shape index (κ3) is 6.79. The van der Waals surface area contributed by atoms with E-state index in [-0.39, 0.29) is 0 Å². The Balaban J connectivity index is 1.37. The molecular weight excluding hydrogens is 444 g/mol. The normalized spacial score (nSPS) is 11.6. The van der Waals surface area contributed by atoms with E-state index in [0.717, 1.165) is 52.5 Å². The predicted molar refractivity (Wildman–Crippen MR) is 149 cm³/mol. The molecule has 6 nitrogen and oxygen atoms in total. The molecule has 4 aromatic rings. The van der Waals surface area contributed by atoms with Gasteiger partial charge in [0.25, 0.3) is 0 Å². The number of anilines is 1. The van der Waals surface area contributed by atoms with E-state index in [0.29, 0.717) is 0 Å². The van der Waals surface area contributed by atoms with Gasteiger partial charge in [-0.15, -0.1) is 0 Å². The fourth-order valence-corrected chi connectivity index (χ4v) is 3.68. The van der Waals surface area contributed by atoms with E-state index in [1.807, 2.05) is 73.7 Å². The summed E-state index contributed by atoms with van der Waals surface area (Å²) in [4.78, 5) is 6.33. The molecule has 36 heavy (non-hydrogen) atoms. The zero-order valence-corrected chi connectivity index (χ0v) is 20.9.